The minimum atomic E-state index is -3.43. The van der Waals surface area contributed by atoms with Crippen LogP contribution in [0.3, 0.4) is 0 Å². The van der Waals surface area contributed by atoms with Crippen molar-refractivity contribution in [1.29, 1.82) is 0 Å². The third-order valence-electron chi connectivity index (χ3n) is 4.34. The molecule has 4 aromatic rings. The second-order valence-corrected chi connectivity index (χ2v) is 8.35. The van der Waals surface area contributed by atoms with Gasteiger partial charge < -0.3 is 10.4 Å². The van der Waals surface area contributed by atoms with Gasteiger partial charge in [0.15, 0.2) is 0 Å². The molecule has 0 atom stereocenters. The van der Waals surface area contributed by atoms with Crippen molar-refractivity contribution in [2.24, 2.45) is 0 Å². The Kier molecular flexibility index (Phi) is 4.62. The summed E-state index contributed by atoms with van der Waals surface area (Å²) in [5, 5.41) is 14.9. The van der Waals surface area contributed by atoms with Crippen LogP contribution in [0.2, 0.25) is 0 Å². The minimum absolute atomic E-state index is 0.203. The largest absolute Gasteiger partial charge is 0.392 e. The van der Waals surface area contributed by atoms with Gasteiger partial charge in [-0.2, -0.15) is 0 Å². The second kappa shape index (κ2) is 7.10. The van der Waals surface area contributed by atoms with Crippen LogP contribution in [0, 0.1) is 0 Å². The first-order valence-electron chi connectivity index (χ1n) is 8.70. The Hall–Kier alpha value is -3.16. The van der Waals surface area contributed by atoms with Gasteiger partial charge >= 0.3 is 0 Å². The summed E-state index contributed by atoms with van der Waals surface area (Å²) in [6, 6.07) is 20.8. The Labute approximate surface area is 162 Å². The molecule has 3 aromatic carbocycles. The van der Waals surface area contributed by atoms with Crippen molar-refractivity contribution in [2.75, 3.05) is 16.3 Å². The number of nitrogens with zero attached hydrogens (tertiary/aromatic N) is 1. The molecule has 0 aliphatic rings. The van der Waals surface area contributed by atoms with Crippen LogP contribution < -0.4 is 10.0 Å². The number of para-hydroxylation sites is 2. The van der Waals surface area contributed by atoms with Gasteiger partial charge in [-0.25, -0.2) is 13.4 Å². The number of sulfonamides is 1. The van der Waals surface area contributed by atoms with E-state index < -0.39 is 10.0 Å². The molecular weight excluding hydrogens is 374 g/mol. The molecule has 7 heteroatoms. The molecule has 0 unspecified atom stereocenters. The van der Waals surface area contributed by atoms with Gasteiger partial charge in [0.05, 0.1) is 35.3 Å². The third-order valence-corrected chi connectivity index (χ3v) is 4.94. The van der Waals surface area contributed by atoms with Gasteiger partial charge in [0.2, 0.25) is 10.0 Å². The van der Waals surface area contributed by atoms with Gasteiger partial charge in [-0.05, 0) is 35.9 Å². The highest BCUT2D eigenvalue weighted by atomic mass is 32.2. The Balaban J connectivity index is 1.88. The lowest BCUT2D eigenvalue weighted by Gasteiger charge is -2.15. The van der Waals surface area contributed by atoms with Crippen LogP contribution in [-0.4, -0.2) is 24.8 Å². The lowest BCUT2D eigenvalue weighted by molar-refractivity contribution is 0.282. The summed E-state index contributed by atoms with van der Waals surface area (Å²) >= 11 is 0. The summed E-state index contributed by atoms with van der Waals surface area (Å²) in [6.07, 6.45) is 1.09. The highest BCUT2D eigenvalue weighted by molar-refractivity contribution is 7.92. The number of aliphatic hydroxyl groups excluding tert-OH is 1. The molecule has 6 nitrogen and oxygen atoms in total. The topological polar surface area (TPSA) is 91.3 Å². The summed E-state index contributed by atoms with van der Waals surface area (Å²) < 4.78 is 25.7. The number of anilines is 3. The first-order chi connectivity index (χ1) is 13.4. The van der Waals surface area contributed by atoms with E-state index in [4.69, 9.17) is 4.98 Å². The van der Waals surface area contributed by atoms with Crippen molar-refractivity contribution in [3.05, 3.63) is 72.3 Å². The number of rotatable bonds is 5. The van der Waals surface area contributed by atoms with Crippen LogP contribution in [0.15, 0.2) is 66.7 Å². The first-order valence-corrected chi connectivity index (χ1v) is 10.6. The van der Waals surface area contributed by atoms with E-state index in [9.17, 15) is 13.5 Å². The smallest absolute Gasteiger partial charge is 0.229 e. The molecular formula is C21H19N3O3S. The molecule has 0 aliphatic heterocycles. The van der Waals surface area contributed by atoms with Crippen molar-refractivity contribution < 1.29 is 13.5 Å². The summed E-state index contributed by atoms with van der Waals surface area (Å²) in [7, 11) is -3.43. The molecule has 0 amide bonds. The zero-order valence-corrected chi connectivity index (χ0v) is 16.0. The van der Waals surface area contributed by atoms with Crippen LogP contribution >= 0.6 is 0 Å². The second-order valence-electron chi connectivity index (χ2n) is 6.60. The first kappa shape index (κ1) is 18.2. The fraction of sp³-hybridized carbons (Fsp3) is 0.0952. The van der Waals surface area contributed by atoms with Crippen molar-refractivity contribution >= 4 is 48.9 Å². The molecule has 0 spiro atoms. The third kappa shape index (κ3) is 3.76. The van der Waals surface area contributed by atoms with E-state index in [-0.39, 0.29) is 6.61 Å². The number of aliphatic hydroxyl groups is 1. The SMILES string of the molecule is CS(=O)(=O)Nc1cc(CO)cc(Nc2c3ccccc3nc3ccccc23)c1. The summed E-state index contributed by atoms with van der Waals surface area (Å²) in [4.78, 5) is 4.71. The van der Waals surface area contributed by atoms with Gasteiger partial charge in [0, 0.05) is 16.5 Å². The standard InChI is InChI=1S/C21H19N3O3S/c1-28(26,27)24-16-11-14(13-25)10-15(12-16)22-21-17-6-2-4-8-19(17)23-20-9-5-3-7-18(20)21/h2-12,24-25H,13H2,1H3,(H,22,23). The molecule has 1 aromatic heterocycles. The van der Waals surface area contributed by atoms with E-state index in [0.29, 0.717) is 16.9 Å². The number of pyridine rings is 1. The van der Waals surface area contributed by atoms with Crippen molar-refractivity contribution in [1.82, 2.24) is 4.98 Å². The van der Waals surface area contributed by atoms with Gasteiger partial charge in [-0.15, -0.1) is 0 Å². The zero-order chi connectivity index (χ0) is 19.7. The van der Waals surface area contributed by atoms with Crippen LogP contribution in [0.5, 0.6) is 0 Å². The molecule has 0 saturated heterocycles. The number of benzene rings is 3. The molecule has 0 radical (unpaired) electrons. The Morgan fingerprint density at radius 2 is 1.46 bits per heavy atom. The summed E-state index contributed by atoms with van der Waals surface area (Å²) in [6.45, 7) is -0.203. The highest BCUT2D eigenvalue weighted by Crippen LogP contribution is 2.34. The van der Waals surface area contributed by atoms with Crippen molar-refractivity contribution in [3.63, 3.8) is 0 Å². The Morgan fingerprint density at radius 3 is 2.04 bits per heavy atom. The number of aromatic nitrogens is 1. The number of hydrogen-bond donors (Lipinski definition) is 3. The van der Waals surface area contributed by atoms with Crippen LogP contribution in [0.1, 0.15) is 5.56 Å². The molecule has 4 rings (SSSR count). The zero-order valence-electron chi connectivity index (χ0n) is 15.2. The van der Waals surface area contributed by atoms with E-state index in [2.05, 4.69) is 10.0 Å². The molecule has 1 heterocycles. The lowest BCUT2D eigenvalue weighted by Crippen LogP contribution is -2.10. The molecule has 0 aliphatic carbocycles. The van der Waals surface area contributed by atoms with Crippen molar-refractivity contribution in [3.8, 4) is 0 Å². The molecule has 0 saturated carbocycles. The van der Waals surface area contributed by atoms with Gasteiger partial charge in [0.1, 0.15) is 0 Å². The Morgan fingerprint density at radius 1 is 0.893 bits per heavy atom. The predicted molar refractivity (Wildman–Crippen MR) is 113 cm³/mol. The quantitative estimate of drug-likeness (QED) is 0.446. The highest BCUT2D eigenvalue weighted by Gasteiger charge is 2.11. The van der Waals surface area contributed by atoms with Crippen LogP contribution in [0.4, 0.5) is 17.1 Å². The summed E-state index contributed by atoms with van der Waals surface area (Å²) in [5.41, 5.74) is 4.24. The van der Waals surface area contributed by atoms with E-state index in [0.717, 1.165) is 33.7 Å². The van der Waals surface area contributed by atoms with E-state index >= 15 is 0 Å². The summed E-state index contributed by atoms with van der Waals surface area (Å²) in [5.74, 6) is 0. The molecule has 0 bridgehead atoms. The minimum Gasteiger partial charge on any atom is -0.392 e. The number of fused-ring (bicyclic) bond motifs is 2. The monoisotopic (exact) mass is 393 g/mol. The maximum absolute atomic E-state index is 11.6. The van der Waals surface area contributed by atoms with Gasteiger partial charge in [-0.3, -0.25) is 4.72 Å². The molecule has 3 N–H and O–H groups in total. The fourth-order valence-electron chi connectivity index (χ4n) is 3.25. The van der Waals surface area contributed by atoms with Crippen molar-refractivity contribution in [2.45, 2.75) is 6.61 Å². The normalized spacial score (nSPS) is 11.6. The van der Waals surface area contributed by atoms with Gasteiger partial charge in [0.25, 0.3) is 0 Å². The fourth-order valence-corrected chi connectivity index (χ4v) is 3.79. The van der Waals surface area contributed by atoms with Crippen LogP contribution in [0.25, 0.3) is 21.8 Å². The lowest BCUT2D eigenvalue weighted by atomic mass is 10.1. The maximum Gasteiger partial charge on any atom is 0.229 e. The predicted octanol–water partition coefficient (Wildman–Crippen LogP) is 4.00. The Bertz CT molecular complexity index is 1230. The average molecular weight is 393 g/mol. The molecule has 142 valence electrons. The van der Waals surface area contributed by atoms with Gasteiger partial charge in [-0.1, -0.05) is 36.4 Å². The average Bonchev–Trinajstić information content (AvgIpc) is 2.66. The number of hydrogen-bond acceptors (Lipinski definition) is 5. The maximum atomic E-state index is 11.6. The van der Waals surface area contributed by atoms with E-state index in [1.165, 1.54) is 0 Å². The van der Waals surface area contributed by atoms with E-state index in [1.807, 2.05) is 48.5 Å². The molecule has 28 heavy (non-hydrogen) atoms. The molecule has 0 fully saturated rings. The van der Waals surface area contributed by atoms with E-state index in [1.54, 1.807) is 18.2 Å². The van der Waals surface area contributed by atoms with Crippen LogP contribution in [-0.2, 0) is 16.6 Å². The number of nitrogens with one attached hydrogen (secondary N) is 2.